The van der Waals surface area contributed by atoms with Crippen LogP contribution in [0.2, 0.25) is 0 Å². The van der Waals surface area contributed by atoms with Gasteiger partial charge >= 0.3 is 0 Å². The van der Waals surface area contributed by atoms with Crippen LogP contribution in [-0.4, -0.2) is 40.0 Å². The highest BCUT2D eigenvalue weighted by molar-refractivity contribution is 5.85. The molecule has 0 amide bonds. The zero-order valence-corrected chi connectivity index (χ0v) is 13.3. The molecule has 0 spiro atoms. The van der Waals surface area contributed by atoms with Gasteiger partial charge in [0.25, 0.3) is 0 Å². The van der Waals surface area contributed by atoms with Crippen LogP contribution in [0.3, 0.4) is 0 Å². The maximum absolute atomic E-state index is 4.51. The molecule has 3 aliphatic rings. The third kappa shape index (κ3) is 2.43. The quantitative estimate of drug-likeness (QED) is 0.903. The van der Waals surface area contributed by atoms with E-state index in [9.17, 15) is 0 Å². The van der Waals surface area contributed by atoms with Crippen molar-refractivity contribution in [1.82, 2.24) is 20.2 Å². The van der Waals surface area contributed by atoms with Crippen LogP contribution in [0.4, 0.5) is 0 Å². The number of nitrogens with zero attached hydrogens (tertiary/aromatic N) is 3. The van der Waals surface area contributed by atoms with Crippen LogP contribution in [0.5, 0.6) is 0 Å². The van der Waals surface area contributed by atoms with E-state index >= 15 is 0 Å². The Bertz CT molecular complexity index is 435. The predicted octanol–water partition coefficient (Wildman–Crippen LogP) is 1.81. The molecule has 3 saturated heterocycles. The van der Waals surface area contributed by atoms with Gasteiger partial charge in [-0.15, -0.1) is 24.8 Å². The lowest BCUT2D eigenvalue weighted by molar-refractivity contribution is 0.215. The van der Waals surface area contributed by atoms with Crippen molar-refractivity contribution < 1.29 is 0 Å². The zero-order chi connectivity index (χ0) is 12.1. The largest absolute Gasteiger partial charge is 0.316 e. The first kappa shape index (κ1) is 16.0. The first-order chi connectivity index (χ1) is 8.83. The van der Waals surface area contributed by atoms with Gasteiger partial charge in [0.15, 0.2) is 0 Å². The van der Waals surface area contributed by atoms with Crippen LogP contribution >= 0.6 is 24.8 Å². The number of hydrogen-bond donors (Lipinski definition) is 1. The summed E-state index contributed by atoms with van der Waals surface area (Å²) < 4.78 is 0. The van der Waals surface area contributed by atoms with Crippen molar-refractivity contribution in [2.75, 3.05) is 13.1 Å². The Morgan fingerprint density at radius 2 is 1.75 bits per heavy atom. The Balaban J connectivity index is 0.000000735. The minimum Gasteiger partial charge on any atom is -0.316 e. The van der Waals surface area contributed by atoms with Crippen molar-refractivity contribution in [1.29, 1.82) is 0 Å². The highest BCUT2D eigenvalue weighted by atomic mass is 35.5. The fraction of sp³-hybridized carbons (Fsp3) is 0.714. The molecule has 4 atom stereocenters. The molecule has 0 saturated carbocycles. The number of halogens is 2. The van der Waals surface area contributed by atoms with E-state index in [1.165, 1.54) is 25.9 Å². The van der Waals surface area contributed by atoms with Crippen LogP contribution in [0.1, 0.15) is 24.2 Å². The summed E-state index contributed by atoms with van der Waals surface area (Å²) in [6.07, 6.45) is 6.59. The van der Waals surface area contributed by atoms with E-state index in [4.69, 9.17) is 0 Å². The van der Waals surface area contributed by atoms with Gasteiger partial charge in [0.2, 0.25) is 0 Å². The Morgan fingerprint density at radius 1 is 1.10 bits per heavy atom. The fourth-order valence-electron chi connectivity index (χ4n) is 4.32. The number of aryl methyl sites for hydroxylation is 1. The molecule has 3 fully saturated rings. The van der Waals surface area contributed by atoms with E-state index in [0.717, 1.165) is 41.9 Å². The van der Waals surface area contributed by atoms with Crippen molar-refractivity contribution in [2.24, 2.45) is 11.8 Å². The highest BCUT2D eigenvalue weighted by Crippen LogP contribution is 2.47. The van der Waals surface area contributed by atoms with Gasteiger partial charge in [0.05, 0.1) is 11.4 Å². The molecule has 1 aromatic heterocycles. The monoisotopic (exact) mass is 316 g/mol. The van der Waals surface area contributed by atoms with Crippen LogP contribution in [0.15, 0.2) is 12.4 Å². The molecule has 2 bridgehead atoms. The first-order valence-electron chi connectivity index (χ1n) is 7.07. The SMILES string of the molecule is Cc1cnc(CN2[C@@H]3CC[C@H]2[C@H]2CNC[C@H]23)cn1.Cl.Cl. The van der Waals surface area contributed by atoms with Crippen LogP contribution in [-0.2, 0) is 6.54 Å². The number of hydrogen-bond acceptors (Lipinski definition) is 4. The van der Waals surface area contributed by atoms with Gasteiger partial charge in [-0.3, -0.25) is 14.9 Å². The molecule has 0 aromatic carbocycles. The Kier molecular flexibility index (Phi) is 4.90. The lowest BCUT2D eigenvalue weighted by Crippen LogP contribution is -2.34. The van der Waals surface area contributed by atoms with E-state index in [0.29, 0.717) is 0 Å². The summed E-state index contributed by atoms with van der Waals surface area (Å²) in [5.41, 5.74) is 2.13. The molecule has 4 heterocycles. The second kappa shape index (κ2) is 6.14. The van der Waals surface area contributed by atoms with E-state index in [2.05, 4.69) is 20.2 Å². The van der Waals surface area contributed by atoms with Gasteiger partial charge in [-0.2, -0.15) is 0 Å². The van der Waals surface area contributed by atoms with Crippen molar-refractivity contribution >= 4 is 24.8 Å². The summed E-state index contributed by atoms with van der Waals surface area (Å²) in [6.45, 7) is 5.44. The summed E-state index contributed by atoms with van der Waals surface area (Å²) in [6, 6.07) is 1.58. The van der Waals surface area contributed by atoms with Crippen LogP contribution in [0.25, 0.3) is 0 Å². The lowest BCUT2D eigenvalue weighted by atomic mass is 9.82. The third-order valence-corrected chi connectivity index (χ3v) is 5.09. The molecule has 4 rings (SSSR count). The highest BCUT2D eigenvalue weighted by Gasteiger charge is 2.54. The zero-order valence-electron chi connectivity index (χ0n) is 11.7. The van der Waals surface area contributed by atoms with Gasteiger partial charge in [0, 0.05) is 31.0 Å². The Labute approximate surface area is 132 Å². The second-order valence-electron chi connectivity index (χ2n) is 6.02. The smallest absolute Gasteiger partial charge is 0.0727 e. The summed E-state index contributed by atoms with van der Waals surface area (Å²) in [7, 11) is 0. The number of aromatic nitrogens is 2. The van der Waals surface area contributed by atoms with E-state index < -0.39 is 0 Å². The van der Waals surface area contributed by atoms with Crippen molar-refractivity contribution in [3.63, 3.8) is 0 Å². The molecular formula is C14H22Cl2N4. The Morgan fingerprint density at radius 3 is 2.30 bits per heavy atom. The summed E-state index contributed by atoms with van der Waals surface area (Å²) >= 11 is 0. The molecule has 20 heavy (non-hydrogen) atoms. The number of fused-ring (bicyclic) bond motifs is 5. The molecule has 1 N–H and O–H groups in total. The second-order valence-corrected chi connectivity index (χ2v) is 6.02. The molecule has 0 unspecified atom stereocenters. The van der Waals surface area contributed by atoms with Crippen LogP contribution in [0, 0.1) is 18.8 Å². The van der Waals surface area contributed by atoms with E-state index in [-0.39, 0.29) is 24.8 Å². The molecule has 0 radical (unpaired) electrons. The van der Waals surface area contributed by atoms with Crippen LogP contribution < -0.4 is 5.32 Å². The molecule has 1 aromatic rings. The summed E-state index contributed by atoms with van der Waals surface area (Å²) in [5, 5.41) is 3.56. The topological polar surface area (TPSA) is 41.1 Å². The molecule has 112 valence electrons. The van der Waals surface area contributed by atoms with Crippen molar-refractivity contribution in [3.8, 4) is 0 Å². The van der Waals surface area contributed by atoms with Gasteiger partial charge in [0.1, 0.15) is 0 Å². The normalized spacial score (nSPS) is 34.5. The van der Waals surface area contributed by atoms with Crippen molar-refractivity contribution in [2.45, 2.75) is 38.4 Å². The molecule has 6 heteroatoms. The number of nitrogens with one attached hydrogen (secondary N) is 1. The number of rotatable bonds is 2. The van der Waals surface area contributed by atoms with Gasteiger partial charge in [-0.1, -0.05) is 0 Å². The standard InChI is InChI=1S/C14H20N4.2ClH/c1-9-4-17-10(5-16-9)8-18-13-2-3-14(18)12-7-15-6-11(12)13;;/h4-5,11-15H,2-3,6-8H2,1H3;2*1H/t11-,12+,13-,14+;;. The maximum Gasteiger partial charge on any atom is 0.0727 e. The minimum absolute atomic E-state index is 0. The predicted molar refractivity (Wildman–Crippen MR) is 83.5 cm³/mol. The summed E-state index contributed by atoms with van der Waals surface area (Å²) in [4.78, 5) is 11.6. The van der Waals surface area contributed by atoms with E-state index in [1.807, 2.05) is 19.3 Å². The van der Waals surface area contributed by atoms with E-state index in [1.54, 1.807) is 0 Å². The first-order valence-corrected chi connectivity index (χ1v) is 7.07. The molecule has 3 aliphatic heterocycles. The van der Waals surface area contributed by atoms with Gasteiger partial charge < -0.3 is 5.32 Å². The van der Waals surface area contributed by atoms with Gasteiger partial charge in [-0.25, -0.2) is 0 Å². The maximum atomic E-state index is 4.51. The third-order valence-electron chi connectivity index (χ3n) is 5.09. The average Bonchev–Trinajstić information content (AvgIpc) is 3.04. The average molecular weight is 317 g/mol. The lowest BCUT2D eigenvalue weighted by Gasteiger charge is -2.23. The molecule has 0 aliphatic carbocycles. The van der Waals surface area contributed by atoms with Gasteiger partial charge in [-0.05, 0) is 44.7 Å². The summed E-state index contributed by atoms with van der Waals surface area (Å²) in [5.74, 6) is 1.78. The molecular weight excluding hydrogens is 295 g/mol. The van der Waals surface area contributed by atoms with Crippen molar-refractivity contribution in [3.05, 3.63) is 23.8 Å². The fourth-order valence-corrected chi connectivity index (χ4v) is 4.32. The molecule has 4 nitrogen and oxygen atoms in total. The minimum atomic E-state index is 0. The Hall–Kier alpha value is -0.420.